The Balaban J connectivity index is 0.00000342. The summed E-state index contributed by atoms with van der Waals surface area (Å²) in [6.45, 7) is 5.51. The molecule has 11 nitrogen and oxygen atoms in total. The van der Waals surface area contributed by atoms with Crippen LogP contribution in [0, 0.1) is 11.8 Å². The molecule has 0 bridgehead atoms. The van der Waals surface area contributed by atoms with Crippen molar-refractivity contribution in [2.75, 3.05) is 54.4 Å². The molecule has 4 rings (SSSR count). The highest BCUT2D eigenvalue weighted by atomic mass is 35.5. The fourth-order valence-electron chi connectivity index (χ4n) is 4.78. The zero-order chi connectivity index (χ0) is 24.2. The molecule has 0 radical (unpaired) electrons. The highest BCUT2D eigenvalue weighted by Gasteiger charge is 2.30. The largest absolute Gasteiger partial charge is 0.340 e. The number of rotatable bonds is 7. The van der Waals surface area contributed by atoms with Crippen molar-refractivity contribution < 1.29 is 4.79 Å². The Hall–Kier alpha value is -2.57. The number of carbonyl (C=O) groups excluding carboxylic acids is 1. The number of Topliss-reactive ketones (excluding diaryl/α,β-unsaturated/α-hetero) is 1. The normalized spacial score (nSPS) is 24.6. The monoisotopic (exact) mass is 504 g/mol. The van der Waals surface area contributed by atoms with Gasteiger partial charge in [-0.05, 0) is 69.0 Å². The van der Waals surface area contributed by atoms with Gasteiger partial charge in [-0.15, -0.1) is 12.4 Å². The molecular formula is C23H37ClN10O. The Kier molecular flexibility index (Phi) is 9.20. The lowest BCUT2D eigenvalue weighted by Gasteiger charge is -2.38. The first-order valence-corrected chi connectivity index (χ1v) is 11.9. The van der Waals surface area contributed by atoms with Crippen LogP contribution in [0.15, 0.2) is 24.3 Å². The van der Waals surface area contributed by atoms with E-state index in [4.69, 9.17) is 37.9 Å². The number of hydrogen-bond donors (Lipinski definition) is 5. The molecule has 0 spiro atoms. The van der Waals surface area contributed by atoms with E-state index in [-0.39, 0.29) is 30.3 Å². The first-order chi connectivity index (χ1) is 16.3. The number of nitrogens with two attached hydrogens (primary N) is 4. The van der Waals surface area contributed by atoms with Gasteiger partial charge in [0.1, 0.15) is 0 Å². The molecule has 3 heterocycles. The Bertz CT molecular complexity index is 969. The Morgan fingerprint density at radius 3 is 1.89 bits per heavy atom. The first kappa shape index (κ1) is 27.0. The lowest BCUT2D eigenvalue weighted by atomic mass is 9.89. The van der Waals surface area contributed by atoms with Gasteiger partial charge in [-0.25, -0.2) is 0 Å². The predicted molar refractivity (Wildman–Crippen MR) is 142 cm³/mol. The van der Waals surface area contributed by atoms with Crippen molar-refractivity contribution in [2.24, 2.45) is 34.8 Å². The molecule has 0 aliphatic carbocycles. The minimum atomic E-state index is -0.0438. The molecule has 35 heavy (non-hydrogen) atoms. The molecule has 9 N–H and O–H groups in total. The molecule has 2 aliphatic rings. The third-order valence-electron chi connectivity index (χ3n) is 6.53. The predicted octanol–water partition coefficient (Wildman–Crippen LogP) is 0.464. The van der Waals surface area contributed by atoms with E-state index in [2.05, 4.69) is 10.2 Å². The summed E-state index contributed by atoms with van der Waals surface area (Å²) in [7, 11) is 0. The average molecular weight is 505 g/mol. The third kappa shape index (κ3) is 6.77. The number of hydrogen-bond acceptors (Lipinski definition) is 11. The van der Waals surface area contributed by atoms with Crippen LogP contribution < -0.4 is 38.1 Å². The number of carbonyl (C=O) groups is 1. The molecular weight excluding hydrogens is 468 g/mol. The molecule has 0 amide bonds. The summed E-state index contributed by atoms with van der Waals surface area (Å²) in [4.78, 5) is 30.0. The molecule has 12 heteroatoms. The second kappa shape index (κ2) is 11.9. The van der Waals surface area contributed by atoms with Crippen LogP contribution in [0.3, 0.4) is 0 Å². The topological polar surface area (TPSA) is 178 Å². The molecule has 1 aromatic carbocycles. The van der Waals surface area contributed by atoms with Crippen molar-refractivity contribution in [3.8, 4) is 0 Å². The molecule has 2 aliphatic heterocycles. The number of benzene rings is 1. The number of aromatic nitrogens is 3. The maximum Gasteiger partial charge on any atom is 0.233 e. The average Bonchev–Trinajstić information content (AvgIpc) is 2.83. The minimum absolute atomic E-state index is 0. The van der Waals surface area contributed by atoms with Gasteiger partial charge in [0.05, 0.1) is 0 Å². The van der Waals surface area contributed by atoms with Crippen LogP contribution in [0.4, 0.5) is 23.5 Å². The van der Waals surface area contributed by atoms with Crippen molar-refractivity contribution in [1.29, 1.82) is 0 Å². The van der Waals surface area contributed by atoms with Crippen LogP contribution in [0.25, 0.3) is 0 Å². The van der Waals surface area contributed by atoms with Gasteiger partial charge in [0.15, 0.2) is 5.78 Å². The van der Waals surface area contributed by atoms with Gasteiger partial charge < -0.3 is 38.1 Å². The lowest BCUT2D eigenvalue weighted by Crippen LogP contribution is -2.53. The maximum atomic E-state index is 11.6. The van der Waals surface area contributed by atoms with E-state index in [0.717, 1.165) is 31.6 Å². The molecule has 0 saturated carbocycles. The van der Waals surface area contributed by atoms with Crippen molar-refractivity contribution in [3.63, 3.8) is 0 Å². The van der Waals surface area contributed by atoms with Crippen LogP contribution in [-0.4, -0.2) is 72.1 Å². The first-order valence-electron chi connectivity index (χ1n) is 11.9. The van der Waals surface area contributed by atoms with Crippen LogP contribution in [0.2, 0.25) is 0 Å². The Morgan fingerprint density at radius 1 is 0.886 bits per heavy atom. The van der Waals surface area contributed by atoms with E-state index in [0.29, 0.717) is 61.4 Å². The van der Waals surface area contributed by atoms with Gasteiger partial charge in [0, 0.05) is 49.5 Å². The second-order valence-corrected chi connectivity index (χ2v) is 9.52. The van der Waals surface area contributed by atoms with Crippen molar-refractivity contribution >= 4 is 41.7 Å². The minimum Gasteiger partial charge on any atom is -0.340 e. The molecule has 2 saturated heterocycles. The fourth-order valence-corrected chi connectivity index (χ4v) is 4.78. The summed E-state index contributed by atoms with van der Waals surface area (Å²) in [5, 5.41) is 3.26. The smallest absolute Gasteiger partial charge is 0.233 e. The highest BCUT2D eigenvalue weighted by molar-refractivity contribution is 5.94. The van der Waals surface area contributed by atoms with Crippen LogP contribution in [0.1, 0.15) is 30.1 Å². The SMILES string of the molecule is CC(=O)c1ccc(Nc2nc(N3C[C@H](N)C[C@H](N)C3)nc(N3C[C@H](CN)C[C@H](CN)C3)n2)cc1.Cl. The number of piperidine rings is 2. The van der Waals surface area contributed by atoms with E-state index in [1.54, 1.807) is 19.1 Å². The molecule has 2 aromatic rings. The molecule has 1 aromatic heterocycles. The van der Waals surface area contributed by atoms with E-state index in [1.165, 1.54) is 0 Å². The van der Waals surface area contributed by atoms with E-state index in [9.17, 15) is 4.79 Å². The summed E-state index contributed by atoms with van der Waals surface area (Å²) >= 11 is 0. The van der Waals surface area contributed by atoms with E-state index >= 15 is 0 Å². The number of nitrogens with one attached hydrogen (secondary N) is 1. The summed E-state index contributed by atoms with van der Waals surface area (Å²) in [5.74, 6) is 2.21. The third-order valence-corrected chi connectivity index (χ3v) is 6.53. The standard InChI is InChI=1S/C23H36N10O.ClH/c1-14(34)17-2-4-20(5-3-17)28-21-29-22(32-10-15(8-24)6-16(9-25)11-32)31-23(30-21)33-12-18(26)7-19(27)13-33;/h2-5,15-16,18-19H,6-13,24-27H2,1H3,(H,28,29,30,31);1H/t15-,16+,18-,19+;. The fraction of sp³-hybridized carbons (Fsp3) is 0.565. The number of halogens is 1. The summed E-state index contributed by atoms with van der Waals surface area (Å²) in [6.07, 6.45) is 1.77. The number of ketones is 1. The zero-order valence-electron chi connectivity index (χ0n) is 20.1. The molecule has 2 fully saturated rings. The summed E-state index contributed by atoms with van der Waals surface area (Å²) < 4.78 is 0. The molecule has 0 unspecified atom stereocenters. The lowest BCUT2D eigenvalue weighted by molar-refractivity contribution is 0.101. The second-order valence-electron chi connectivity index (χ2n) is 9.52. The quantitative estimate of drug-likeness (QED) is 0.331. The van der Waals surface area contributed by atoms with Crippen molar-refractivity contribution in [1.82, 2.24) is 15.0 Å². The van der Waals surface area contributed by atoms with Crippen LogP contribution >= 0.6 is 12.4 Å². The van der Waals surface area contributed by atoms with Gasteiger partial charge in [0.2, 0.25) is 17.8 Å². The maximum absolute atomic E-state index is 11.6. The molecule has 4 atom stereocenters. The highest BCUT2D eigenvalue weighted by Crippen LogP contribution is 2.27. The Labute approximate surface area is 212 Å². The Morgan fingerprint density at radius 2 is 1.40 bits per heavy atom. The number of anilines is 4. The van der Waals surface area contributed by atoms with Gasteiger partial charge in [-0.2, -0.15) is 15.0 Å². The van der Waals surface area contributed by atoms with Gasteiger partial charge in [-0.3, -0.25) is 4.79 Å². The van der Waals surface area contributed by atoms with Gasteiger partial charge in [-0.1, -0.05) is 0 Å². The number of nitrogens with zero attached hydrogens (tertiary/aromatic N) is 5. The summed E-state index contributed by atoms with van der Waals surface area (Å²) in [6, 6.07) is 7.14. The van der Waals surface area contributed by atoms with E-state index < -0.39 is 0 Å². The van der Waals surface area contributed by atoms with Gasteiger partial charge >= 0.3 is 0 Å². The molecule has 192 valence electrons. The van der Waals surface area contributed by atoms with Crippen molar-refractivity contribution in [2.45, 2.75) is 31.8 Å². The zero-order valence-corrected chi connectivity index (χ0v) is 21.0. The van der Waals surface area contributed by atoms with Crippen LogP contribution in [-0.2, 0) is 0 Å². The van der Waals surface area contributed by atoms with Crippen molar-refractivity contribution in [3.05, 3.63) is 29.8 Å². The van der Waals surface area contributed by atoms with E-state index in [1.807, 2.05) is 17.0 Å². The summed E-state index contributed by atoms with van der Waals surface area (Å²) in [5.41, 5.74) is 25.9. The van der Waals surface area contributed by atoms with Crippen LogP contribution in [0.5, 0.6) is 0 Å². The van der Waals surface area contributed by atoms with Gasteiger partial charge in [0.25, 0.3) is 0 Å².